The van der Waals surface area contributed by atoms with E-state index in [1.54, 1.807) is 19.2 Å². The summed E-state index contributed by atoms with van der Waals surface area (Å²) in [7, 11) is -3.49. The van der Waals surface area contributed by atoms with Crippen LogP contribution in [0, 0.1) is 13.8 Å². The number of sulfonamides is 1. The van der Waals surface area contributed by atoms with Gasteiger partial charge in [0.1, 0.15) is 5.82 Å². The standard InChI is InChI=1S/C15H18BrN3O2S/c1-11-3-4-12(2)14(9-11)22(20,21)19-8-7-17-15-6-5-13(16)10-18-15/h3-6,9-10,19H,7-8H2,1-2H3,(H,17,18). The minimum Gasteiger partial charge on any atom is -0.369 e. The van der Waals surface area contributed by atoms with Crippen molar-refractivity contribution in [3.63, 3.8) is 0 Å². The Morgan fingerprint density at radius 3 is 2.59 bits per heavy atom. The van der Waals surface area contributed by atoms with Crippen molar-refractivity contribution in [2.75, 3.05) is 18.4 Å². The molecule has 0 amide bonds. The molecule has 0 spiro atoms. The summed E-state index contributed by atoms with van der Waals surface area (Å²) in [6.45, 7) is 4.41. The topological polar surface area (TPSA) is 71.1 Å². The minimum atomic E-state index is -3.49. The Labute approximate surface area is 139 Å². The fourth-order valence-corrected chi connectivity index (χ4v) is 3.52. The van der Waals surface area contributed by atoms with E-state index in [4.69, 9.17) is 0 Å². The van der Waals surface area contributed by atoms with Gasteiger partial charge < -0.3 is 5.32 Å². The van der Waals surface area contributed by atoms with Gasteiger partial charge in [-0.3, -0.25) is 0 Å². The number of hydrogen-bond donors (Lipinski definition) is 2. The number of benzene rings is 1. The first-order valence-corrected chi connectivity index (χ1v) is 9.08. The zero-order valence-electron chi connectivity index (χ0n) is 12.4. The van der Waals surface area contributed by atoms with Crippen LogP contribution in [-0.2, 0) is 10.0 Å². The van der Waals surface area contributed by atoms with Gasteiger partial charge in [0.15, 0.2) is 0 Å². The molecule has 0 atom stereocenters. The lowest BCUT2D eigenvalue weighted by atomic mass is 10.2. The Balaban J connectivity index is 1.93. The van der Waals surface area contributed by atoms with E-state index in [-0.39, 0.29) is 6.54 Å². The Bertz CT molecular complexity index is 746. The maximum absolute atomic E-state index is 12.3. The molecule has 1 heterocycles. The van der Waals surface area contributed by atoms with Gasteiger partial charge >= 0.3 is 0 Å². The number of hydrogen-bond acceptors (Lipinski definition) is 4. The van der Waals surface area contributed by atoms with Crippen LogP contribution in [-0.4, -0.2) is 26.5 Å². The minimum absolute atomic E-state index is 0.285. The highest BCUT2D eigenvalue weighted by molar-refractivity contribution is 9.10. The molecule has 1 aromatic heterocycles. The predicted molar refractivity (Wildman–Crippen MR) is 91.5 cm³/mol. The largest absolute Gasteiger partial charge is 0.369 e. The molecule has 0 unspecified atom stereocenters. The fourth-order valence-electron chi connectivity index (χ4n) is 1.93. The maximum atomic E-state index is 12.3. The highest BCUT2D eigenvalue weighted by atomic mass is 79.9. The van der Waals surface area contributed by atoms with E-state index in [0.717, 1.165) is 15.6 Å². The molecule has 1 aromatic carbocycles. The monoisotopic (exact) mass is 383 g/mol. The summed E-state index contributed by atoms with van der Waals surface area (Å²) in [4.78, 5) is 4.49. The SMILES string of the molecule is Cc1ccc(C)c(S(=O)(=O)NCCNc2ccc(Br)cn2)c1. The van der Waals surface area contributed by atoms with Crippen molar-refractivity contribution in [1.29, 1.82) is 0 Å². The molecule has 2 N–H and O–H groups in total. The summed E-state index contributed by atoms with van der Waals surface area (Å²) < 4.78 is 28.1. The van der Waals surface area contributed by atoms with Crippen molar-refractivity contribution in [1.82, 2.24) is 9.71 Å². The molecule has 0 aliphatic carbocycles. The summed E-state index contributed by atoms with van der Waals surface area (Å²) in [6.07, 6.45) is 1.68. The molecule has 5 nitrogen and oxygen atoms in total. The first kappa shape index (κ1) is 16.9. The van der Waals surface area contributed by atoms with E-state index in [0.29, 0.717) is 17.3 Å². The molecule has 0 aliphatic rings. The number of halogens is 1. The zero-order valence-corrected chi connectivity index (χ0v) is 14.8. The number of aromatic nitrogens is 1. The summed E-state index contributed by atoms with van der Waals surface area (Å²) in [5, 5.41) is 3.06. The summed E-state index contributed by atoms with van der Waals surface area (Å²) >= 11 is 3.31. The number of aryl methyl sites for hydroxylation is 2. The molecule has 22 heavy (non-hydrogen) atoms. The molecule has 118 valence electrons. The summed E-state index contributed by atoms with van der Waals surface area (Å²) in [6, 6.07) is 9.09. The average Bonchev–Trinajstić information content (AvgIpc) is 2.48. The van der Waals surface area contributed by atoms with Crippen LogP contribution in [0.25, 0.3) is 0 Å². The third kappa shape index (κ3) is 4.53. The fraction of sp³-hybridized carbons (Fsp3) is 0.267. The second kappa shape index (κ2) is 7.21. The van der Waals surface area contributed by atoms with E-state index < -0.39 is 10.0 Å². The van der Waals surface area contributed by atoms with Crippen molar-refractivity contribution >= 4 is 31.8 Å². The molecule has 0 aliphatic heterocycles. The quantitative estimate of drug-likeness (QED) is 0.752. The third-order valence-corrected chi connectivity index (χ3v) is 5.16. The van der Waals surface area contributed by atoms with Gasteiger partial charge in [0.2, 0.25) is 10.0 Å². The van der Waals surface area contributed by atoms with Crippen molar-refractivity contribution in [3.8, 4) is 0 Å². The molecule has 0 radical (unpaired) electrons. The second-order valence-electron chi connectivity index (χ2n) is 4.96. The molecule has 0 fully saturated rings. The number of nitrogens with zero attached hydrogens (tertiary/aromatic N) is 1. The first-order chi connectivity index (χ1) is 10.4. The Morgan fingerprint density at radius 2 is 1.91 bits per heavy atom. The van der Waals surface area contributed by atoms with Gasteiger partial charge in [0.05, 0.1) is 4.90 Å². The van der Waals surface area contributed by atoms with Gasteiger partial charge in [0, 0.05) is 23.8 Å². The van der Waals surface area contributed by atoms with Crippen LogP contribution in [0.1, 0.15) is 11.1 Å². The van der Waals surface area contributed by atoms with E-state index in [1.807, 2.05) is 31.2 Å². The van der Waals surface area contributed by atoms with Crippen LogP contribution in [0.15, 0.2) is 45.9 Å². The molecule has 7 heteroatoms. The number of pyridine rings is 1. The number of nitrogens with one attached hydrogen (secondary N) is 2. The smallest absolute Gasteiger partial charge is 0.240 e. The highest BCUT2D eigenvalue weighted by Gasteiger charge is 2.16. The van der Waals surface area contributed by atoms with E-state index in [9.17, 15) is 8.42 Å². The zero-order chi connectivity index (χ0) is 16.2. The van der Waals surface area contributed by atoms with Crippen LogP contribution in [0.4, 0.5) is 5.82 Å². The van der Waals surface area contributed by atoms with Gasteiger partial charge in [0.25, 0.3) is 0 Å². The maximum Gasteiger partial charge on any atom is 0.240 e. The van der Waals surface area contributed by atoms with Gasteiger partial charge in [-0.25, -0.2) is 18.1 Å². The van der Waals surface area contributed by atoms with Crippen molar-refractivity contribution in [2.45, 2.75) is 18.7 Å². The van der Waals surface area contributed by atoms with Crippen molar-refractivity contribution < 1.29 is 8.42 Å². The lowest BCUT2D eigenvalue weighted by molar-refractivity contribution is 0.582. The Hall–Kier alpha value is -1.44. The van der Waals surface area contributed by atoms with Crippen molar-refractivity contribution in [3.05, 3.63) is 52.1 Å². The van der Waals surface area contributed by atoms with Gasteiger partial charge in [-0.15, -0.1) is 0 Å². The van der Waals surface area contributed by atoms with E-state index in [1.165, 1.54) is 0 Å². The van der Waals surface area contributed by atoms with Crippen LogP contribution in [0.2, 0.25) is 0 Å². The van der Waals surface area contributed by atoms with Gasteiger partial charge in [-0.1, -0.05) is 12.1 Å². The molecule has 0 saturated carbocycles. The summed E-state index contributed by atoms with van der Waals surface area (Å²) in [5.41, 5.74) is 1.66. The van der Waals surface area contributed by atoms with Gasteiger partial charge in [-0.2, -0.15) is 0 Å². The normalized spacial score (nSPS) is 11.4. The second-order valence-corrected chi connectivity index (χ2v) is 7.61. The van der Waals surface area contributed by atoms with E-state index in [2.05, 4.69) is 31.0 Å². The molecule has 0 bridgehead atoms. The van der Waals surface area contributed by atoms with Crippen LogP contribution in [0.5, 0.6) is 0 Å². The molecular formula is C15H18BrN3O2S. The van der Waals surface area contributed by atoms with Crippen LogP contribution >= 0.6 is 15.9 Å². The summed E-state index contributed by atoms with van der Waals surface area (Å²) in [5.74, 6) is 0.703. The Kier molecular flexibility index (Phi) is 5.55. The van der Waals surface area contributed by atoms with Crippen LogP contribution in [0.3, 0.4) is 0 Å². The highest BCUT2D eigenvalue weighted by Crippen LogP contribution is 2.16. The third-order valence-electron chi connectivity index (χ3n) is 3.08. The molecule has 0 saturated heterocycles. The van der Waals surface area contributed by atoms with E-state index >= 15 is 0 Å². The lowest BCUT2D eigenvalue weighted by Gasteiger charge is -2.11. The molecule has 2 rings (SSSR count). The first-order valence-electron chi connectivity index (χ1n) is 6.81. The van der Waals surface area contributed by atoms with Gasteiger partial charge in [-0.05, 0) is 59.1 Å². The lowest BCUT2D eigenvalue weighted by Crippen LogP contribution is -2.29. The molecular weight excluding hydrogens is 366 g/mol. The molecule has 2 aromatic rings. The number of rotatable bonds is 6. The Morgan fingerprint density at radius 1 is 1.14 bits per heavy atom. The van der Waals surface area contributed by atoms with Crippen LogP contribution < -0.4 is 10.0 Å². The van der Waals surface area contributed by atoms with Crippen molar-refractivity contribution in [2.24, 2.45) is 0 Å². The predicted octanol–water partition coefficient (Wildman–Crippen LogP) is 2.85. The number of anilines is 1. The average molecular weight is 384 g/mol.